The van der Waals surface area contributed by atoms with Crippen molar-refractivity contribution >= 4 is 22.0 Å². The van der Waals surface area contributed by atoms with Gasteiger partial charge in [-0.3, -0.25) is 9.69 Å². The Morgan fingerprint density at radius 2 is 1.76 bits per heavy atom. The maximum absolute atomic E-state index is 13.2. The summed E-state index contributed by atoms with van der Waals surface area (Å²) in [5.74, 6) is -0.779. The summed E-state index contributed by atoms with van der Waals surface area (Å²) in [4.78, 5) is 27.2. The number of ether oxygens (including phenoxy) is 1. The molecule has 0 radical (unpaired) electrons. The smallest absolute Gasteiger partial charge is 0.410 e. The average molecular weight is 498 g/mol. The quantitative estimate of drug-likeness (QED) is 0.651. The number of rotatable bonds is 6. The molecule has 1 saturated heterocycles. The van der Waals surface area contributed by atoms with Gasteiger partial charge in [-0.25, -0.2) is 17.6 Å². The first-order chi connectivity index (χ1) is 15.7. The van der Waals surface area contributed by atoms with E-state index in [0.29, 0.717) is 13.1 Å². The second-order valence-corrected chi connectivity index (χ2v) is 12.6. The minimum absolute atomic E-state index is 0.0150. The highest BCUT2D eigenvalue weighted by molar-refractivity contribution is 7.89. The zero-order valence-electron chi connectivity index (χ0n) is 20.7. The van der Waals surface area contributed by atoms with E-state index in [0.717, 1.165) is 25.0 Å². The molecule has 1 aromatic carbocycles. The van der Waals surface area contributed by atoms with Gasteiger partial charge in [-0.1, -0.05) is 13.8 Å². The monoisotopic (exact) mass is 497 g/mol. The maximum atomic E-state index is 13.2. The minimum atomic E-state index is -3.74. The van der Waals surface area contributed by atoms with Gasteiger partial charge >= 0.3 is 6.09 Å². The van der Waals surface area contributed by atoms with Crippen molar-refractivity contribution in [2.45, 2.75) is 70.0 Å². The minimum Gasteiger partial charge on any atom is -0.444 e. The summed E-state index contributed by atoms with van der Waals surface area (Å²) in [6.45, 7) is 9.73. The predicted octanol–water partition coefficient (Wildman–Crippen LogP) is 3.23. The fraction of sp³-hybridized carbons (Fsp3) is 0.667. The fourth-order valence-electron chi connectivity index (χ4n) is 5.00. The van der Waals surface area contributed by atoms with E-state index in [1.807, 2.05) is 13.8 Å². The number of hydrogen-bond acceptors (Lipinski definition) is 5. The lowest BCUT2D eigenvalue weighted by molar-refractivity contribution is -0.128. The molecule has 0 unspecified atom stereocenters. The maximum Gasteiger partial charge on any atom is 0.410 e. The van der Waals surface area contributed by atoms with Crippen LogP contribution in [0.5, 0.6) is 0 Å². The summed E-state index contributed by atoms with van der Waals surface area (Å²) >= 11 is 0. The van der Waals surface area contributed by atoms with Gasteiger partial charge in [-0.2, -0.15) is 4.31 Å². The molecule has 0 aromatic heterocycles. The molecule has 2 fully saturated rings. The molecule has 10 heteroatoms. The van der Waals surface area contributed by atoms with Gasteiger partial charge in [-0.05, 0) is 75.6 Å². The first-order valence-corrected chi connectivity index (χ1v) is 13.2. The molecular weight excluding hydrogens is 461 g/mol. The first-order valence-electron chi connectivity index (χ1n) is 11.7. The summed E-state index contributed by atoms with van der Waals surface area (Å²) in [7, 11) is -2.18. The molecular formula is C24H36FN3O5S. The van der Waals surface area contributed by atoms with Crippen LogP contribution in [-0.2, 0) is 19.6 Å². The van der Waals surface area contributed by atoms with Crippen molar-refractivity contribution in [2.75, 3.05) is 20.1 Å². The van der Waals surface area contributed by atoms with Crippen molar-refractivity contribution < 1.29 is 27.1 Å². The summed E-state index contributed by atoms with van der Waals surface area (Å²) in [6.07, 6.45) is 0.995. The van der Waals surface area contributed by atoms with Crippen molar-refractivity contribution in [3.05, 3.63) is 30.1 Å². The van der Waals surface area contributed by atoms with Crippen molar-refractivity contribution in [2.24, 2.45) is 17.8 Å². The molecule has 1 heterocycles. The van der Waals surface area contributed by atoms with Crippen LogP contribution in [0.25, 0.3) is 0 Å². The van der Waals surface area contributed by atoms with Crippen molar-refractivity contribution in [3.8, 4) is 0 Å². The second-order valence-electron chi connectivity index (χ2n) is 10.7. The molecule has 0 bridgehead atoms. The van der Waals surface area contributed by atoms with E-state index in [9.17, 15) is 22.4 Å². The summed E-state index contributed by atoms with van der Waals surface area (Å²) in [5, 5.41) is 3.09. The Bertz CT molecular complexity index is 1010. The normalized spacial score (nSPS) is 24.1. The number of halogens is 1. The van der Waals surface area contributed by atoms with Gasteiger partial charge in [0.25, 0.3) is 0 Å². The molecule has 1 aliphatic carbocycles. The van der Waals surface area contributed by atoms with E-state index in [1.54, 1.807) is 27.8 Å². The Balaban J connectivity index is 1.69. The Morgan fingerprint density at radius 3 is 2.32 bits per heavy atom. The number of nitrogens with one attached hydrogen (secondary N) is 1. The molecule has 1 saturated carbocycles. The standard InChI is InChI=1S/C24H36FN3O5S/c1-15(2)21(27(6)23(30)33-24(3,4)5)22(29)26-20-12-7-16-13-28(14-19(16)20)34(31,32)18-10-8-17(25)9-11-18/h8-11,15-16,19-21H,7,12-14H2,1-6H3,(H,26,29)/t16-,19+,20+,21+/m1/s1. The lowest BCUT2D eigenvalue weighted by atomic mass is 9.96. The van der Waals surface area contributed by atoms with Gasteiger partial charge < -0.3 is 10.1 Å². The molecule has 8 nitrogen and oxygen atoms in total. The van der Waals surface area contributed by atoms with Gasteiger partial charge in [0.2, 0.25) is 15.9 Å². The van der Waals surface area contributed by atoms with E-state index in [-0.39, 0.29) is 34.6 Å². The van der Waals surface area contributed by atoms with E-state index in [1.165, 1.54) is 21.3 Å². The third kappa shape index (κ3) is 5.71. The van der Waals surface area contributed by atoms with Crippen LogP contribution in [-0.4, -0.2) is 67.4 Å². The van der Waals surface area contributed by atoms with Crippen molar-refractivity contribution in [1.29, 1.82) is 0 Å². The molecule has 1 N–H and O–H groups in total. The molecule has 2 aliphatic rings. The molecule has 4 atom stereocenters. The lowest BCUT2D eigenvalue weighted by Crippen LogP contribution is -2.54. The van der Waals surface area contributed by atoms with Crippen LogP contribution >= 0.6 is 0 Å². The van der Waals surface area contributed by atoms with Crippen molar-refractivity contribution in [3.63, 3.8) is 0 Å². The van der Waals surface area contributed by atoms with Crippen LogP contribution in [0, 0.1) is 23.6 Å². The highest BCUT2D eigenvalue weighted by Crippen LogP contribution is 2.40. The number of fused-ring (bicyclic) bond motifs is 1. The number of carbonyl (C=O) groups excluding carboxylic acids is 2. The third-order valence-corrected chi connectivity index (χ3v) is 8.45. The molecule has 2 amide bonds. The number of amides is 2. The predicted molar refractivity (Wildman–Crippen MR) is 126 cm³/mol. The molecule has 3 rings (SSSR count). The Hall–Kier alpha value is -2.20. The van der Waals surface area contributed by atoms with Crippen LogP contribution < -0.4 is 5.32 Å². The molecule has 1 aromatic rings. The third-order valence-electron chi connectivity index (χ3n) is 6.60. The highest BCUT2D eigenvalue weighted by Gasteiger charge is 2.47. The zero-order chi connectivity index (χ0) is 25.4. The topological polar surface area (TPSA) is 96.0 Å². The molecule has 1 aliphatic heterocycles. The van der Waals surface area contributed by atoms with E-state index < -0.39 is 33.6 Å². The average Bonchev–Trinajstić information content (AvgIpc) is 3.29. The number of benzene rings is 1. The Morgan fingerprint density at radius 1 is 1.15 bits per heavy atom. The van der Waals surface area contributed by atoms with Gasteiger partial charge in [0.05, 0.1) is 4.90 Å². The van der Waals surface area contributed by atoms with Crippen LogP contribution in [0.2, 0.25) is 0 Å². The fourth-order valence-corrected chi connectivity index (χ4v) is 6.53. The van der Waals surface area contributed by atoms with Gasteiger partial charge in [0.15, 0.2) is 0 Å². The zero-order valence-corrected chi connectivity index (χ0v) is 21.6. The summed E-state index contributed by atoms with van der Waals surface area (Å²) < 4.78 is 46.2. The number of sulfonamides is 1. The first kappa shape index (κ1) is 26.4. The number of hydrogen-bond donors (Lipinski definition) is 1. The largest absolute Gasteiger partial charge is 0.444 e. The molecule has 34 heavy (non-hydrogen) atoms. The van der Waals surface area contributed by atoms with Crippen LogP contribution in [0.1, 0.15) is 47.5 Å². The van der Waals surface area contributed by atoms with Gasteiger partial charge in [-0.15, -0.1) is 0 Å². The van der Waals surface area contributed by atoms with E-state index >= 15 is 0 Å². The Labute approximate surface area is 201 Å². The second kappa shape index (κ2) is 9.81. The molecule has 190 valence electrons. The lowest BCUT2D eigenvalue weighted by Gasteiger charge is -2.33. The SMILES string of the molecule is CC(C)[C@@H](C(=O)N[C@H]1CC[C@@H]2CN(S(=O)(=O)c3ccc(F)cc3)C[C@@H]21)N(C)C(=O)OC(C)(C)C. The van der Waals surface area contributed by atoms with E-state index in [4.69, 9.17) is 4.74 Å². The van der Waals surface area contributed by atoms with E-state index in [2.05, 4.69) is 5.32 Å². The van der Waals surface area contributed by atoms with Crippen LogP contribution in [0.4, 0.5) is 9.18 Å². The summed E-state index contributed by atoms with van der Waals surface area (Å²) in [6, 6.07) is 3.93. The number of carbonyl (C=O) groups is 2. The number of likely N-dealkylation sites (N-methyl/N-ethyl adjacent to an activating group) is 1. The van der Waals surface area contributed by atoms with Gasteiger partial charge in [0, 0.05) is 26.2 Å². The van der Waals surface area contributed by atoms with Crippen LogP contribution in [0.3, 0.4) is 0 Å². The summed E-state index contributed by atoms with van der Waals surface area (Å²) in [5.41, 5.74) is -0.675. The number of nitrogens with zero attached hydrogens (tertiary/aromatic N) is 2. The van der Waals surface area contributed by atoms with Crippen LogP contribution in [0.15, 0.2) is 29.2 Å². The molecule has 0 spiro atoms. The highest BCUT2D eigenvalue weighted by atomic mass is 32.2. The van der Waals surface area contributed by atoms with Crippen molar-refractivity contribution in [1.82, 2.24) is 14.5 Å². The van der Waals surface area contributed by atoms with Gasteiger partial charge in [0.1, 0.15) is 17.5 Å². The Kier molecular flexibility index (Phi) is 7.62.